The summed E-state index contributed by atoms with van der Waals surface area (Å²) in [7, 11) is -3.69. The van der Waals surface area contributed by atoms with E-state index >= 15 is 0 Å². The van der Waals surface area contributed by atoms with E-state index in [-0.39, 0.29) is 15.5 Å². The Kier molecular flexibility index (Phi) is 6.37. The normalized spacial score (nSPS) is 16.5. The van der Waals surface area contributed by atoms with Crippen molar-refractivity contribution in [2.75, 3.05) is 13.1 Å². The largest absolute Gasteiger partial charge is 0.345 e. The Balaban J connectivity index is 1.85. The molecule has 0 aromatic heterocycles. The van der Waals surface area contributed by atoms with Crippen LogP contribution in [0.3, 0.4) is 0 Å². The van der Waals surface area contributed by atoms with Gasteiger partial charge in [-0.3, -0.25) is 4.79 Å². The van der Waals surface area contributed by atoms with Gasteiger partial charge < -0.3 is 5.32 Å². The molecule has 0 spiro atoms. The number of hydrogen-bond donors (Lipinski definition) is 1. The van der Waals surface area contributed by atoms with E-state index in [2.05, 4.69) is 5.32 Å². The van der Waals surface area contributed by atoms with Crippen molar-refractivity contribution in [1.29, 1.82) is 0 Å². The van der Waals surface area contributed by atoms with Crippen LogP contribution in [0.4, 0.5) is 4.39 Å². The van der Waals surface area contributed by atoms with Crippen molar-refractivity contribution >= 4 is 27.5 Å². The number of rotatable bonds is 5. The average Bonchev–Trinajstić information content (AvgIpc) is 2.69. The molecule has 0 aliphatic carbocycles. The van der Waals surface area contributed by atoms with Gasteiger partial charge in [-0.15, -0.1) is 0 Å². The zero-order chi connectivity index (χ0) is 20.3. The molecule has 1 saturated heterocycles. The lowest BCUT2D eigenvalue weighted by Gasteiger charge is -2.26. The quantitative estimate of drug-likeness (QED) is 0.784. The van der Waals surface area contributed by atoms with Crippen molar-refractivity contribution in [1.82, 2.24) is 9.62 Å². The van der Waals surface area contributed by atoms with Crippen LogP contribution in [0.5, 0.6) is 0 Å². The van der Waals surface area contributed by atoms with Crippen molar-refractivity contribution in [2.45, 2.75) is 37.1 Å². The monoisotopic (exact) mass is 424 g/mol. The van der Waals surface area contributed by atoms with E-state index in [0.29, 0.717) is 18.7 Å². The van der Waals surface area contributed by atoms with Gasteiger partial charge in [0.05, 0.1) is 21.5 Å². The summed E-state index contributed by atoms with van der Waals surface area (Å²) in [5.41, 5.74) is 0.381. The van der Waals surface area contributed by atoms with E-state index in [4.69, 9.17) is 11.6 Å². The van der Waals surface area contributed by atoms with Gasteiger partial charge in [-0.05, 0) is 44.0 Å². The zero-order valence-corrected chi connectivity index (χ0v) is 17.1. The number of amides is 1. The molecule has 1 unspecified atom stereocenters. The van der Waals surface area contributed by atoms with E-state index in [1.807, 2.05) is 0 Å². The van der Waals surface area contributed by atoms with Crippen LogP contribution in [0.25, 0.3) is 0 Å². The number of benzene rings is 2. The molecule has 3 rings (SSSR count). The highest BCUT2D eigenvalue weighted by Crippen LogP contribution is 2.26. The predicted octanol–water partition coefficient (Wildman–Crippen LogP) is 4.14. The third-order valence-electron chi connectivity index (χ3n) is 4.85. The fourth-order valence-corrected chi connectivity index (χ4v) is 5.02. The molecule has 5 nitrogen and oxygen atoms in total. The fourth-order valence-electron chi connectivity index (χ4n) is 3.27. The first kappa shape index (κ1) is 20.8. The molecule has 0 bridgehead atoms. The molecule has 150 valence electrons. The summed E-state index contributed by atoms with van der Waals surface area (Å²) in [5, 5.41) is 2.82. The molecule has 2 aromatic carbocycles. The van der Waals surface area contributed by atoms with E-state index in [0.717, 1.165) is 19.3 Å². The maximum atomic E-state index is 13.9. The first-order valence-corrected chi connectivity index (χ1v) is 11.0. The van der Waals surface area contributed by atoms with Crippen LogP contribution in [0.1, 0.15) is 48.1 Å². The zero-order valence-electron chi connectivity index (χ0n) is 15.5. The lowest BCUT2D eigenvalue weighted by Crippen LogP contribution is -2.35. The number of sulfonamides is 1. The third-order valence-corrected chi connectivity index (χ3v) is 7.08. The minimum Gasteiger partial charge on any atom is -0.345 e. The number of nitrogens with zero attached hydrogens (tertiary/aromatic N) is 1. The predicted molar refractivity (Wildman–Crippen MR) is 106 cm³/mol. The number of piperidine rings is 1. The summed E-state index contributed by atoms with van der Waals surface area (Å²) in [5.74, 6) is -0.987. The average molecular weight is 425 g/mol. The molecule has 8 heteroatoms. The highest BCUT2D eigenvalue weighted by Gasteiger charge is 2.27. The van der Waals surface area contributed by atoms with E-state index in [9.17, 15) is 17.6 Å². The van der Waals surface area contributed by atoms with Crippen molar-refractivity contribution in [3.63, 3.8) is 0 Å². The molecule has 1 fully saturated rings. The number of nitrogens with one attached hydrogen (secondary N) is 1. The third kappa shape index (κ3) is 4.37. The minimum atomic E-state index is -3.69. The van der Waals surface area contributed by atoms with Crippen LogP contribution in [-0.4, -0.2) is 31.7 Å². The number of hydrogen-bond acceptors (Lipinski definition) is 3. The van der Waals surface area contributed by atoms with Crippen LogP contribution in [0.2, 0.25) is 5.02 Å². The molecule has 1 heterocycles. The van der Waals surface area contributed by atoms with Gasteiger partial charge in [0.15, 0.2) is 0 Å². The van der Waals surface area contributed by atoms with Crippen molar-refractivity contribution < 1.29 is 17.6 Å². The Morgan fingerprint density at radius 3 is 2.50 bits per heavy atom. The molecular formula is C20H22ClFN2O3S. The van der Waals surface area contributed by atoms with Crippen molar-refractivity contribution in [3.05, 3.63) is 64.4 Å². The highest BCUT2D eigenvalue weighted by molar-refractivity contribution is 7.89. The summed E-state index contributed by atoms with van der Waals surface area (Å²) in [6.07, 6.45) is 2.65. The highest BCUT2D eigenvalue weighted by atomic mass is 35.5. The first-order chi connectivity index (χ1) is 13.3. The van der Waals surface area contributed by atoms with Gasteiger partial charge in [-0.2, -0.15) is 4.31 Å². The number of carbonyl (C=O) groups is 1. The molecule has 1 N–H and O–H groups in total. The summed E-state index contributed by atoms with van der Waals surface area (Å²) < 4.78 is 41.1. The van der Waals surface area contributed by atoms with Crippen molar-refractivity contribution in [3.8, 4) is 0 Å². The van der Waals surface area contributed by atoms with Crippen LogP contribution < -0.4 is 5.32 Å². The van der Waals surface area contributed by atoms with Gasteiger partial charge >= 0.3 is 0 Å². The Hall–Kier alpha value is -1.96. The van der Waals surface area contributed by atoms with Gasteiger partial charge in [0.2, 0.25) is 10.0 Å². The molecule has 0 saturated carbocycles. The van der Waals surface area contributed by atoms with Gasteiger partial charge in [0, 0.05) is 18.7 Å². The lowest BCUT2D eigenvalue weighted by molar-refractivity contribution is 0.0939. The summed E-state index contributed by atoms with van der Waals surface area (Å²) in [6.45, 7) is 2.59. The second-order valence-corrected chi connectivity index (χ2v) is 9.17. The minimum absolute atomic E-state index is 0.0301. The Morgan fingerprint density at radius 2 is 1.82 bits per heavy atom. The topological polar surface area (TPSA) is 66.5 Å². The molecule has 1 amide bonds. The molecule has 1 aliphatic heterocycles. The fraction of sp³-hybridized carbons (Fsp3) is 0.350. The summed E-state index contributed by atoms with van der Waals surface area (Å²) in [4.78, 5) is 12.7. The van der Waals surface area contributed by atoms with Crippen LogP contribution in [0, 0.1) is 5.82 Å². The molecule has 28 heavy (non-hydrogen) atoms. The molecule has 1 aliphatic rings. The maximum absolute atomic E-state index is 13.9. The second kappa shape index (κ2) is 8.59. The van der Waals surface area contributed by atoms with Gasteiger partial charge in [0.1, 0.15) is 5.82 Å². The Bertz CT molecular complexity index is 975. The summed E-state index contributed by atoms with van der Waals surface area (Å²) in [6, 6.07) is 9.64. The smallest absolute Gasteiger partial charge is 0.253 e. The second-order valence-electron chi connectivity index (χ2n) is 6.82. The van der Waals surface area contributed by atoms with E-state index in [1.54, 1.807) is 25.1 Å². The van der Waals surface area contributed by atoms with Gasteiger partial charge in [-0.1, -0.05) is 36.2 Å². The summed E-state index contributed by atoms with van der Waals surface area (Å²) >= 11 is 6.14. The van der Waals surface area contributed by atoms with E-state index in [1.165, 1.54) is 28.6 Å². The van der Waals surface area contributed by atoms with Crippen LogP contribution in [-0.2, 0) is 10.0 Å². The number of carbonyl (C=O) groups excluding carboxylic acids is 1. The van der Waals surface area contributed by atoms with Crippen LogP contribution >= 0.6 is 11.6 Å². The standard InChI is InChI=1S/C20H22ClFN2O3S/c1-14(16-7-3-4-8-19(16)22)23-20(25)17-13-15(9-10-18(17)21)28(26,27)24-11-5-2-6-12-24/h3-4,7-10,13-14H,2,5-6,11-12H2,1H3,(H,23,25). The Morgan fingerprint density at radius 1 is 1.14 bits per heavy atom. The van der Waals surface area contributed by atoms with E-state index < -0.39 is 27.8 Å². The molecule has 1 atom stereocenters. The van der Waals surface area contributed by atoms with Gasteiger partial charge in [0.25, 0.3) is 5.91 Å². The number of halogens is 2. The first-order valence-electron chi connectivity index (χ1n) is 9.15. The van der Waals surface area contributed by atoms with Crippen molar-refractivity contribution in [2.24, 2.45) is 0 Å². The Labute approximate surface area is 169 Å². The molecule has 0 radical (unpaired) electrons. The maximum Gasteiger partial charge on any atom is 0.253 e. The van der Waals surface area contributed by atoms with Crippen LogP contribution in [0.15, 0.2) is 47.4 Å². The molecule has 2 aromatic rings. The molecular weight excluding hydrogens is 403 g/mol. The van der Waals surface area contributed by atoms with Gasteiger partial charge in [-0.25, -0.2) is 12.8 Å². The lowest BCUT2D eigenvalue weighted by atomic mass is 10.1. The SMILES string of the molecule is CC(NC(=O)c1cc(S(=O)(=O)N2CCCCC2)ccc1Cl)c1ccccc1F.